The predicted molar refractivity (Wildman–Crippen MR) is 61.8 cm³/mol. The molecule has 90 valence electrons. The van der Waals surface area contributed by atoms with Crippen LogP contribution in [-0.4, -0.2) is 31.6 Å². The molecule has 1 rings (SSSR count). The van der Waals surface area contributed by atoms with Crippen LogP contribution in [0.25, 0.3) is 0 Å². The maximum absolute atomic E-state index is 11.4. The third-order valence-electron chi connectivity index (χ3n) is 1.74. The molecule has 6 nitrogen and oxygen atoms in total. The van der Waals surface area contributed by atoms with Crippen molar-refractivity contribution in [3.63, 3.8) is 0 Å². The second-order valence-corrected chi connectivity index (χ2v) is 6.02. The molecule has 8 heteroatoms. The van der Waals surface area contributed by atoms with E-state index in [2.05, 4.69) is 10.3 Å². The number of thiazole rings is 1. The molecule has 0 aliphatic carbocycles. The molecule has 1 aromatic heterocycles. The summed E-state index contributed by atoms with van der Waals surface area (Å²) in [6.07, 6.45) is 0.299. The quantitative estimate of drug-likeness (QED) is 0.722. The topological polar surface area (TPSA) is 102 Å². The first-order valence-corrected chi connectivity index (χ1v) is 7.19. The van der Waals surface area contributed by atoms with E-state index in [1.165, 1.54) is 11.3 Å². The van der Waals surface area contributed by atoms with Crippen LogP contribution in [-0.2, 0) is 10.0 Å². The summed E-state index contributed by atoms with van der Waals surface area (Å²) in [5.41, 5.74) is 0.359. The Morgan fingerprint density at radius 3 is 2.81 bits per heavy atom. The SMILES string of the molecule is Cc1nc(C(=O)NCCCS(N)(=O)=O)cs1. The van der Waals surface area contributed by atoms with Crippen molar-refractivity contribution in [2.75, 3.05) is 12.3 Å². The van der Waals surface area contributed by atoms with E-state index < -0.39 is 10.0 Å². The summed E-state index contributed by atoms with van der Waals surface area (Å²) in [6, 6.07) is 0. The molecule has 0 radical (unpaired) electrons. The Hall–Kier alpha value is -0.990. The van der Waals surface area contributed by atoms with Gasteiger partial charge in [-0.3, -0.25) is 4.79 Å². The van der Waals surface area contributed by atoms with Gasteiger partial charge in [-0.1, -0.05) is 0 Å². The van der Waals surface area contributed by atoms with Crippen LogP contribution < -0.4 is 10.5 Å². The third-order valence-corrected chi connectivity index (χ3v) is 3.37. The van der Waals surface area contributed by atoms with Gasteiger partial charge >= 0.3 is 0 Å². The lowest BCUT2D eigenvalue weighted by Gasteiger charge is -2.01. The van der Waals surface area contributed by atoms with Gasteiger partial charge in [0.2, 0.25) is 10.0 Å². The van der Waals surface area contributed by atoms with Crippen LogP contribution in [0.1, 0.15) is 21.9 Å². The fraction of sp³-hybridized carbons (Fsp3) is 0.500. The Bertz CT molecular complexity index is 467. The highest BCUT2D eigenvalue weighted by Crippen LogP contribution is 2.07. The van der Waals surface area contributed by atoms with Crippen molar-refractivity contribution in [2.45, 2.75) is 13.3 Å². The predicted octanol–water partition coefficient (Wildman–Crippen LogP) is -0.140. The first kappa shape index (κ1) is 13.1. The number of primary sulfonamides is 1. The number of rotatable bonds is 5. The first-order valence-electron chi connectivity index (χ1n) is 4.59. The zero-order valence-corrected chi connectivity index (χ0v) is 10.4. The summed E-state index contributed by atoms with van der Waals surface area (Å²) >= 11 is 1.39. The minimum absolute atomic E-state index is 0.136. The monoisotopic (exact) mass is 263 g/mol. The summed E-state index contributed by atoms with van der Waals surface area (Å²) < 4.78 is 21.2. The van der Waals surface area contributed by atoms with E-state index in [0.717, 1.165) is 5.01 Å². The Balaban J connectivity index is 2.31. The molecule has 0 saturated heterocycles. The van der Waals surface area contributed by atoms with Crippen molar-refractivity contribution in [3.05, 3.63) is 16.1 Å². The Kier molecular flexibility index (Phi) is 4.39. The molecule has 3 N–H and O–H groups in total. The molecule has 0 fully saturated rings. The summed E-state index contributed by atoms with van der Waals surface area (Å²) in [5, 5.41) is 9.86. The third kappa shape index (κ3) is 4.69. The number of nitrogens with zero attached hydrogens (tertiary/aromatic N) is 1. The normalized spacial score (nSPS) is 11.4. The van der Waals surface area contributed by atoms with Crippen molar-refractivity contribution >= 4 is 27.3 Å². The first-order chi connectivity index (χ1) is 7.38. The van der Waals surface area contributed by atoms with Crippen molar-refractivity contribution in [1.82, 2.24) is 10.3 Å². The second-order valence-electron chi connectivity index (χ2n) is 3.23. The highest BCUT2D eigenvalue weighted by atomic mass is 32.2. The van der Waals surface area contributed by atoms with E-state index >= 15 is 0 Å². The van der Waals surface area contributed by atoms with E-state index in [9.17, 15) is 13.2 Å². The van der Waals surface area contributed by atoms with Crippen LogP contribution in [0.2, 0.25) is 0 Å². The summed E-state index contributed by atoms with van der Waals surface area (Å²) in [6.45, 7) is 2.08. The van der Waals surface area contributed by atoms with Gasteiger partial charge in [0.15, 0.2) is 0 Å². The molecule has 0 saturated carbocycles. The van der Waals surface area contributed by atoms with Crippen LogP contribution in [0.5, 0.6) is 0 Å². The van der Waals surface area contributed by atoms with Crippen LogP contribution in [0.15, 0.2) is 5.38 Å². The highest BCUT2D eigenvalue weighted by molar-refractivity contribution is 7.89. The van der Waals surface area contributed by atoms with Crippen LogP contribution in [0.3, 0.4) is 0 Å². The maximum atomic E-state index is 11.4. The molecular weight excluding hydrogens is 250 g/mol. The standard InChI is InChI=1S/C8H13N3O3S2/c1-6-11-7(5-15-6)8(12)10-3-2-4-16(9,13)14/h5H,2-4H2,1H3,(H,10,12)(H2,9,13,14). The molecule has 1 amide bonds. The van der Waals surface area contributed by atoms with Crippen molar-refractivity contribution < 1.29 is 13.2 Å². The zero-order chi connectivity index (χ0) is 12.2. The van der Waals surface area contributed by atoms with Gasteiger partial charge in [0.1, 0.15) is 5.69 Å². The number of aryl methyl sites for hydroxylation is 1. The van der Waals surface area contributed by atoms with Crippen LogP contribution in [0, 0.1) is 6.92 Å². The number of aromatic nitrogens is 1. The number of sulfonamides is 1. The summed E-state index contributed by atoms with van der Waals surface area (Å²) in [5.74, 6) is -0.428. The lowest BCUT2D eigenvalue weighted by molar-refractivity contribution is 0.0949. The van der Waals surface area contributed by atoms with Crippen LogP contribution in [0.4, 0.5) is 0 Å². The molecule has 0 unspecified atom stereocenters. The number of hydrogen-bond acceptors (Lipinski definition) is 5. The number of nitrogens with one attached hydrogen (secondary N) is 1. The molecule has 16 heavy (non-hydrogen) atoms. The number of carbonyl (C=O) groups excluding carboxylic acids is 1. The van der Waals surface area contributed by atoms with E-state index in [4.69, 9.17) is 5.14 Å². The van der Waals surface area contributed by atoms with Gasteiger partial charge in [0.25, 0.3) is 5.91 Å². The Morgan fingerprint density at radius 2 is 2.31 bits per heavy atom. The molecule has 0 bridgehead atoms. The molecule has 1 heterocycles. The molecular formula is C8H13N3O3S2. The number of carbonyl (C=O) groups is 1. The molecule has 0 spiro atoms. The average molecular weight is 263 g/mol. The summed E-state index contributed by atoms with van der Waals surface area (Å²) in [4.78, 5) is 15.4. The largest absolute Gasteiger partial charge is 0.351 e. The van der Waals surface area contributed by atoms with Gasteiger partial charge in [-0.25, -0.2) is 18.5 Å². The van der Waals surface area contributed by atoms with Gasteiger partial charge in [-0.15, -0.1) is 11.3 Å². The zero-order valence-electron chi connectivity index (χ0n) is 8.76. The van der Waals surface area contributed by atoms with Crippen molar-refractivity contribution in [3.8, 4) is 0 Å². The molecule has 0 atom stereocenters. The maximum Gasteiger partial charge on any atom is 0.270 e. The second kappa shape index (κ2) is 5.37. The van der Waals surface area contributed by atoms with Crippen LogP contribution >= 0.6 is 11.3 Å². The molecule has 0 aliphatic heterocycles. The number of nitrogens with two attached hydrogens (primary N) is 1. The van der Waals surface area contributed by atoms with E-state index in [-0.39, 0.29) is 18.2 Å². The fourth-order valence-corrected chi connectivity index (χ4v) is 2.17. The average Bonchev–Trinajstić information content (AvgIpc) is 2.57. The van der Waals surface area contributed by atoms with Crippen molar-refractivity contribution in [1.29, 1.82) is 0 Å². The van der Waals surface area contributed by atoms with Gasteiger partial charge in [-0.05, 0) is 13.3 Å². The van der Waals surface area contributed by atoms with Crippen molar-refractivity contribution in [2.24, 2.45) is 5.14 Å². The minimum atomic E-state index is -3.45. The fourth-order valence-electron chi connectivity index (χ4n) is 1.03. The lowest BCUT2D eigenvalue weighted by Crippen LogP contribution is -2.27. The van der Waals surface area contributed by atoms with E-state index in [1.807, 2.05) is 6.92 Å². The number of hydrogen-bond donors (Lipinski definition) is 2. The van der Waals surface area contributed by atoms with E-state index in [1.54, 1.807) is 5.38 Å². The van der Waals surface area contributed by atoms with Gasteiger partial charge < -0.3 is 5.32 Å². The Morgan fingerprint density at radius 1 is 1.62 bits per heavy atom. The van der Waals surface area contributed by atoms with Gasteiger partial charge in [0.05, 0.1) is 10.8 Å². The number of amides is 1. The molecule has 0 aliphatic rings. The smallest absolute Gasteiger partial charge is 0.270 e. The van der Waals surface area contributed by atoms with Gasteiger partial charge in [0, 0.05) is 11.9 Å². The molecule has 1 aromatic rings. The highest BCUT2D eigenvalue weighted by Gasteiger charge is 2.09. The summed E-state index contributed by atoms with van der Waals surface area (Å²) in [7, 11) is -3.45. The van der Waals surface area contributed by atoms with E-state index in [0.29, 0.717) is 12.1 Å². The van der Waals surface area contributed by atoms with Gasteiger partial charge in [-0.2, -0.15) is 0 Å². The minimum Gasteiger partial charge on any atom is -0.351 e. The lowest BCUT2D eigenvalue weighted by atomic mass is 10.4. The molecule has 0 aromatic carbocycles. The Labute approximate surface area is 97.9 Å².